The number of aromatic nitrogens is 5. The fraction of sp³-hybridized carbons (Fsp3) is 0.381. The maximum absolute atomic E-state index is 13.2. The minimum Gasteiger partial charge on any atom is -0.255 e. The molecule has 0 aliphatic carbocycles. The highest BCUT2D eigenvalue weighted by Gasteiger charge is 2.26. The van der Waals surface area contributed by atoms with Crippen LogP contribution in [-0.4, -0.2) is 44.6 Å². The topological polar surface area (TPSA) is 81.6 Å². The molecule has 2 atom stereocenters. The molecular weight excluding hydrogens is 418 g/mol. The molecule has 0 aliphatic rings. The average Bonchev–Trinajstić information content (AvgIpc) is 3.28. The Balaban J connectivity index is 2.12. The summed E-state index contributed by atoms with van der Waals surface area (Å²) in [6.45, 7) is 12.1. The lowest BCUT2D eigenvalue weighted by molar-refractivity contribution is 0.684. The normalized spacial score (nSPS) is 14.0. The molecule has 0 radical (unpaired) electrons. The molecular formula is C21H25N5O2S2. The molecule has 4 aromatic heterocycles. The molecule has 0 bridgehead atoms. The second-order valence-electron chi connectivity index (χ2n) is 7.49. The minimum atomic E-state index is -1.22. The zero-order chi connectivity index (χ0) is 21.9. The number of pyridine rings is 1. The molecule has 158 valence electrons. The number of imidazole rings is 1. The highest BCUT2D eigenvalue weighted by molar-refractivity contribution is 7.85. The summed E-state index contributed by atoms with van der Waals surface area (Å²) in [7, 11) is -2.37. The van der Waals surface area contributed by atoms with Gasteiger partial charge in [0.2, 0.25) is 0 Å². The molecule has 30 heavy (non-hydrogen) atoms. The van der Waals surface area contributed by atoms with Gasteiger partial charge in [0.15, 0.2) is 5.65 Å². The van der Waals surface area contributed by atoms with Crippen LogP contribution in [0.1, 0.15) is 35.0 Å². The van der Waals surface area contributed by atoms with Gasteiger partial charge in [-0.2, -0.15) is 10.2 Å². The summed E-state index contributed by atoms with van der Waals surface area (Å²) in [5, 5.41) is 9.30. The Morgan fingerprint density at radius 2 is 1.63 bits per heavy atom. The smallest absolute Gasteiger partial charge is 0.155 e. The molecule has 4 aromatic rings. The molecule has 0 amide bonds. The second-order valence-corrected chi connectivity index (χ2v) is 10.6. The average molecular weight is 444 g/mol. The van der Waals surface area contributed by atoms with E-state index in [4.69, 9.17) is 10.1 Å². The lowest BCUT2D eigenvalue weighted by Crippen LogP contribution is -2.03. The first-order valence-electron chi connectivity index (χ1n) is 9.74. The Labute approximate surface area is 180 Å². The molecule has 0 fully saturated rings. The third kappa shape index (κ3) is 2.94. The zero-order valence-electron chi connectivity index (χ0n) is 18.2. The number of rotatable bonds is 4. The number of nitrogens with zero attached hydrogens (tertiary/aromatic N) is 5. The standard InChI is InChI=1S/C21H25N5O2S2/c1-8-30(28)21-19(24-26-14(5)12(3)11(2)13(4)20(21)26)18-15(6)25-17(23-18)9-16(10-22-25)29(7)27/h9-10H,8H2,1-7H3. The van der Waals surface area contributed by atoms with Crippen LogP contribution in [0.2, 0.25) is 0 Å². The number of aryl methyl sites for hydroxylation is 3. The Kier molecular flexibility index (Phi) is 5.14. The summed E-state index contributed by atoms with van der Waals surface area (Å²) in [5.41, 5.74) is 8.03. The molecule has 0 spiro atoms. The molecule has 2 unspecified atom stereocenters. The van der Waals surface area contributed by atoms with E-state index in [1.54, 1.807) is 23.0 Å². The first-order valence-corrected chi connectivity index (χ1v) is 12.6. The lowest BCUT2D eigenvalue weighted by atomic mass is 10.0. The van der Waals surface area contributed by atoms with E-state index in [1.165, 1.54) is 11.1 Å². The fourth-order valence-corrected chi connectivity index (χ4v) is 5.36. The van der Waals surface area contributed by atoms with Gasteiger partial charge in [-0.1, -0.05) is 6.92 Å². The van der Waals surface area contributed by atoms with Gasteiger partial charge in [-0.25, -0.2) is 14.0 Å². The molecule has 4 heterocycles. The van der Waals surface area contributed by atoms with E-state index in [-0.39, 0.29) is 0 Å². The van der Waals surface area contributed by atoms with Crippen LogP contribution in [0, 0.1) is 34.6 Å². The highest BCUT2D eigenvalue weighted by atomic mass is 32.2. The van der Waals surface area contributed by atoms with E-state index in [2.05, 4.69) is 25.9 Å². The predicted molar refractivity (Wildman–Crippen MR) is 120 cm³/mol. The molecule has 0 saturated carbocycles. The van der Waals surface area contributed by atoms with Crippen molar-refractivity contribution in [3.8, 4) is 11.4 Å². The van der Waals surface area contributed by atoms with Crippen molar-refractivity contribution >= 4 is 32.8 Å². The van der Waals surface area contributed by atoms with Gasteiger partial charge < -0.3 is 0 Å². The molecule has 7 nitrogen and oxygen atoms in total. The monoisotopic (exact) mass is 443 g/mol. The van der Waals surface area contributed by atoms with Gasteiger partial charge in [-0.3, -0.25) is 8.42 Å². The van der Waals surface area contributed by atoms with Gasteiger partial charge in [0.05, 0.1) is 48.8 Å². The quantitative estimate of drug-likeness (QED) is 0.482. The lowest BCUT2D eigenvalue weighted by Gasteiger charge is -2.12. The predicted octanol–water partition coefficient (Wildman–Crippen LogP) is 3.45. The third-order valence-electron chi connectivity index (χ3n) is 5.90. The van der Waals surface area contributed by atoms with Crippen LogP contribution in [0.5, 0.6) is 0 Å². The van der Waals surface area contributed by atoms with Crippen LogP contribution in [0.25, 0.3) is 22.6 Å². The SMILES string of the molecule is CCS(=O)c1c(-c2nc3cc(S(C)=O)cnn3c2C)nn2c(C)c(C)c(C)c(C)c12. The molecule has 4 rings (SSSR count). The maximum atomic E-state index is 13.2. The molecule has 0 saturated heterocycles. The Bertz CT molecular complexity index is 1380. The minimum absolute atomic E-state index is 0.489. The van der Waals surface area contributed by atoms with Crippen molar-refractivity contribution < 1.29 is 8.42 Å². The van der Waals surface area contributed by atoms with Crippen molar-refractivity contribution in [3.05, 3.63) is 40.3 Å². The van der Waals surface area contributed by atoms with Crippen LogP contribution in [0.15, 0.2) is 22.1 Å². The number of fused-ring (bicyclic) bond motifs is 2. The van der Waals surface area contributed by atoms with Crippen molar-refractivity contribution in [1.29, 1.82) is 0 Å². The molecule has 0 N–H and O–H groups in total. The number of hydrogen-bond donors (Lipinski definition) is 0. The second kappa shape index (κ2) is 7.39. The van der Waals surface area contributed by atoms with Crippen LogP contribution >= 0.6 is 0 Å². The molecule has 0 aromatic carbocycles. The first-order chi connectivity index (χ1) is 14.2. The van der Waals surface area contributed by atoms with Crippen LogP contribution < -0.4 is 0 Å². The van der Waals surface area contributed by atoms with E-state index < -0.39 is 21.6 Å². The van der Waals surface area contributed by atoms with Gasteiger partial charge in [-0.15, -0.1) is 0 Å². The summed E-state index contributed by atoms with van der Waals surface area (Å²) in [6, 6.07) is 1.77. The summed E-state index contributed by atoms with van der Waals surface area (Å²) < 4.78 is 28.7. The first kappa shape index (κ1) is 20.9. The highest BCUT2D eigenvalue weighted by Crippen LogP contribution is 2.35. The Hall–Kier alpha value is -2.39. The number of hydrogen-bond acceptors (Lipinski definition) is 5. The van der Waals surface area contributed by atoms with Gasteiger partial charge in [0.1, 0.15) is 11.4 Å². The van der Waals surface area contributed by atoms with Gasteiger partial charge in [0, 0.05) is 23.8 Å². The summed E-state index contributed by atoms with van der Waals surface area (Å²) in [5.74, 6) is 0.489. The van der Waals surface area contributed by atoms with Crippen molar-refractivity contribution in [2.24, 2.45) is 0 Å². The van der Waals surface area contributed by atoms with Crippen LogP contribution in [-0.2, 0) is 21.6 Å². The Morgan fingerprint density at radius 3 is 2.27 bits per heavy atom. The summed E-state index contributed by atoms with van der Waals surface area (Å²) in [6.07, 6.45) is 3.21. The van der Waals surface area contributed by atoms with Gasteiger partial charge >= 0.3 is 0 Å². The van der Waals surface area contributed by atoms with Crippen molar-refractivity contribution in [2.75, 3.05) is 12.0 Å². The maximum Gasteiger partial charge on any atom is 0.155 e. The zero-order valence-corrected chi connectivity index (χ0v) is 19.9. The Morgan fingerprint density at radius 1 is 0.933 bits per heavy atom. The van der Waals surface area contributed by atoms with Crippen molar-refractivity contribution in [3.63, 3.8) is 0 Å². The van der Waals surface area contributed by atoms with Gasteiger partial charge in [-0.05, 0) is 51.3 Å². The summed E-state index contributed by atoms with van der Waals surface area (Å²) in [4.78, 5) is 6.09. The van der Waals surface area contributed by atoms with Crippen LogP contribution in [0.4, 0.5) is 0 Å². The fourth-order valence-electron chi connectivity index (χ4n) is 3.79. The van der Waals surface area contributed by atoms with E-state index in [1.807, 2.05) is 25.3 Å². The largest absolute Gasteiger partial charge is 0.255 e. The van der Waals surface area contributed by atoms with Gasteiger partial charge in [0.25, 0.3) is 0 Å². The molecule has 9 heteroatoms. The van der Waals surface area contributed by atoms with E-state index >= 15 is 0 Å². The van der Waals surface area contributed by atoms with Crippen molar-refractivity contribution in [1.82, 2.24) is 24.2 Å². The van der Waals surface area contributed by atoms with Crippen molar-refractivity contribution in [2.45, 2.75) is 51.3 Å². The van der Waals surface area contributed by atoms with E-state index in [0.29, 0.717) is 32.6 Å². The molecule has 0 aliphatic heterocycles. The van der Waals surface area contributed by atoms with Crippen LogP contribution in [0.3, 0.4) is 0 Å². The third-order valence-corrected chi connectivity index (χ3v) is 8.16. The van der Waals surface area contributed by atoms with E-state index in [0.717, 1.165) is 22.5 Å². The van der Waals surface area contributed by atoms with E-state index in [9.17, 15) is 8.42 Å². The summed E-state index contributed by atoms with van der Waals surface area (Å²) >= 11 is 0.